The molecule has 0 saturated heterocycles. The summed E-state index contributed by atoms with van der Waals surface area (Å²) in [6.45, 7) is 4.32. The predicted molar refractivity (Wildman–Crippen MR) is 78.8 cm³/mol. The van der Waals surface area contributed by atoms with Crippen molar-refractivity contribution in [2.45, 2.75) is 13.8 Å². The summed E-state index contributed by atoms with van der Waals surface area (Å²) in [6, 6.07) is 0. The maximum Gasteiger partial charge on any atom is 0.344 e. The molecule has 0 radical (unpaired) electrons. The fourth-order valence-electron chi connectivity index (χ4n) is 2.04. The molecule has 6 nitrogen and oxygen atoms in total. The largest absolute Gasteiger partial charge is 0.462 e. The molecular formula is C13H17N3O3S. The molecule has 0 spiro atoms. The summed E-state index contributed by atoms with van der Waals surface area (Å²) in [6.07, 6.45) is 0. The molecule has 0 N–H and O–H groups in total. The van der Waals surface area contributed by atoms with Gasteiger partial charge in [0, 0.05) is 0 Å². The van der Waals surface area contributed by atoms with E-state index in [0.717, 1.165) is 0 Å². The number of aliphatic imine (C=N–C) groups is 2. The Morgan fingerprint density at radius 3 is 2.70 bits per heavy atom. The van der Waals surface area contributed by atoms with Crippen LogP contribution in [0.25, 0.3) is 0 Å². The van der Waals surface area contributed by atoms with Gasteiger partial charge in [-0.05, 0) is 33.5 Å². The lowest BCUT2D eigenvalue weighted by Crippen LogP contribution is -2.29. The molecule has 0 fully saturated rings. The number of fused-ring (bicyclic) bond motifs is 1. The third-order valence-corrected chi connectivity index (χ3v) is 4.12. The van der Waals surface area contributed by atoms with Crippen molar-refractivity contribution >= 4 is 34.5 Å². The average molecular weight is 295 g/mol. The van der Waals surface area contributed by atoms with E-state index >= 15 is 0 Å². The molecule has 108 valence electrons. The SMILES string of the molecule is CCOC(=O)C1=C(C)C2C(=O)N=C(CN(C)C)N=C2S1. The first-order chi connectivity index (χ1) is 9.43. The van der Waals surface area contributed by atoms with Crippen LogP contribution < -0.4 is 0 Å². The van der Waals surface area contributed by atoms with E-state index in [1.165, 1.54) is 11.8 Å². The van der Waals surface area contributed by atoms with Crippen molar-refractivity contribution in [1.82, 2.24) is 4.90 Å². The molecule has 0 aliphatic carbocycles. The third-order valence-electron chi connectivity index (χ3n) is 2.89. The van der Waals surface area contributed by atoms with Gasteiger partial charge in [0.2, 0.25) is 0 Å². The molecule has 0 aromatic carbocycles. The highest BCUT2D eigenvalue weighted by molar-refractivity contribution is 8.18. The second-order valence-corrected chi connectivity index (χ2v) is 5.85. The predicted octanol–water partition coefficient (Wildman–Crippen LogP) is 1.09. The van der Waals surface area contributed by atoms with Gasteiger partial charge in [-0.2, -0.15) is 4.99 Å². The van der Waals surface area contributed by atoms with Crippen LogP contribution in [0, 0.1) is 5.92 Å². The minimum absolute atomic E-state index is 0.254. The van der Waals surface area contributed by atoms with Crippen LogP contribution in [-0.2, 0) is 14.3 Å². The maximum absolute atomic E-state index is 12.1. The van der Waals surface area contributed by atoms with Crippen molar-refractivity contribution in [3.05, 3.63) is 10.5 Å². The maximum atomic E-state index is 12.1. The normalized spacial score (nSPS) is 21.9. The number of hydrogen-bond donors (Lipinski definition) is 0. The number of hydrogen-bond acceptors (Lipinski definition) is 6. The first-order valence-corrected chi connectivity index (χ1v) is 7.16. The number of likely N-dealkylation sites (N-methyl/N-ethyl adjacent to an activating group) is 1. The van der Waals surface area contributed by atoms with Crippen LogP contribution in [-0.4, -0.2) is 54.9 Å². The number of rotatable bonds is 4. The molecule has 2 rings (SSSR count). The summed E-state index contributed by atoms with van der Waals surface area (Å²) < 4.78 is 5.00. The van der Waals surface area contributed by atoms with Gasteiger partial charge in [-0.3, -0.25) is 4.79 Å². The Labute approximate surface area is 122 Å². The van der Waals surface area contributed by atoms with E-state index < -0.39 is 11.9 Å². The van der Waals surface area contributed by atoms with Gasteiger partial charge in [0.25, 0.3) is 5.91 Å². The topological polar surface area (TPSA) is 71.3 Å². The summed E-state index contributed by atoms with van der Waals surface area (Å²) in [5.74, 6) is -0.674. The van der Waals surface area contributed by atoms with Gasteiger partial charge in [-0.1, -0.05) is 11.8 Å². The zero-order valence-electron chi connectivity index (χ0n) is 12.0. The summed E-state index contributed by atoms with van der Waals surface area (Å²) in [7, 11) is 3.77. The molecule has 1 unspecified atom stereocenters. The minimum atomic E-state index is -0.509. The number of amides is 1. The number of amidine groups is 1. The molecular weight excluding hydrogens is 278 g/mol. The second kappa shape index (κ2) is 5.88. The molecule has 0 bridgehead atoms. The zero-order valence-corrected chi connectivity index (χ0v) is 12.8. The number of esters is 1. The number of carbonyl (C=O) groups is 2. The highest BCUT2D eigenvalue weighted by Crippen LogP contribution is 2.40. The molecule has 0 aromatic heterocycles. The lowest BCUT2D eigenvalue weighted by molar-refractivity contribution is -0.137. The Morgan fingerprint density at radius 2 is 2.10 bits per heavy atom. The molecule has 1 atom stereocenters. The fraction of sp³-hybridized carbons (Fsp3) is 0.538. The van der Waals surface area contributed by atoms with Crippen LogP contribution in [0.5, 0.6) is 0 Å². The first-order valence-electron chi connectivity index (χ1n) is 6.34. The van der Waals surface area contributed by atoms with Crippen molar-refractivity contribution < 1.29 is 14.3 Å². The van der Waals surface area contributed by atoms with Crippen molar-refractivity contribution in [3.63, 3.8) is 0 Å². The molecule has 2 aliphatic rings. The highest BCUT2D eigenvalue weighted by atomic mass is 32.2. The fourth-order valence-corrected chi connectivity index (χ4v) is 3.21. The second-order valence-electron chi connectivity index (χ2n) is 4.82. The number of nitrogens with zero attached hydrogens (tertiary/aromatic N) is 3. The third kappa shape index (κ3) is 2.83. The van der Waals surface area contributed by atoms with E-state index in [2.05, 4.69) is 9.98 Å². The Bertz CT molecular complexity index is 549. The first kappa shape index (κ1) is 14.9. The molecule has 20 heavy (non-hydrogen) atoms. The van der Waals surface area contributed by atoms with Crippen LogP contribution in [0.1, 0.15) is 13.8 Å². The van der Waals surface area contributed by atoms with E-state index in [4.69, 9.17) is 4.74 Å². The van der Waals surface area contributed by atoms with Crippen molar-refractivity contribution in [1.29, 1.82) is 0 Å². The van der Waals surface area contributed by atoms with Crippen LogP contribution >= 0.6 is 11.8 Å². The Hall–Kier alpha value is -1.47. The summed E-state index contributed by atoms with van der Waals surface area (Å²) in [5.41, 5.74) is 0.685. The van der Waals surface area contributed by atoms with E-state index in [1.807, 2.05) is 19.0 Å². The van der Waals surface area contributed by atoms with Gasteiger partial charge in [-0.15, -0.1) is 0 Å². The van der Waals surface area contributed by atoms with Crippen LogP contribution in [0.15, 0.2) is 20.5 Å². The van der Waals surface area contributed by atoms with E-state index in [0.29, 0.717) is 34.5 Å². The van der Waals surface area contributed by atoms with E-state index in [1.54, 1.807) is 13.8 Å². The Kier molecular flexibility index (Phi) is 4.39. The molecule has 0 aromatic rings. The van der Waals surface area contributed by atoms with Crippen LogP contribution in [0.4, 0.5) is 0 Å². The van der Waals surface area contributed by atoms with Crippen molar-refractivity contribution in [2.75, 3.05) is 27.2 Å². The van der Waals surface area contributed by atoms with Crippen molar-refractivity contribution in [2.24, 2.45) is 15.9 Å². The van der Waals surface area contributed by atoms with E-state index in [-0.39, 0.29) is 5.91 Å². The van der Waals surface area contributed by atoms with Crippen LogP contribution in [0.2, 0.25) is 0 Å². The standard InChI is InChI=1S/C13H17N3O3S/c1-5-19-13(18)10-7(2)9-11(17)14-8(6-16(3)4)15-12(9)20-10/h9H,5-6H2,1-4H3. The quantitative estimate of drug-likeness (QED) is 0.726. The van der Waals surface area contributed by atoms with Crippen molar-refractivity contribution in [3.8, 4) is 0 Å². The summed E-state index contributed by atoms with van der Waals surface area (Å²) in [4.78, 5) is 34.7. The minimum Gasteiger partial charge on any atom is -0.462 e. The smallest absolute Gasteiger partial charge is 0.344 e. The van der Waals surface area contributed by atoms with Gasteiger partial charge in [-0.25, -0.2) is 9.79 Å². The lowest BCUT2D eigenvalue weighted by atomic mass is 10.00. The van der Waals surface area contributed by atoms with Gasteiger partial charge in [0.15, 0.2) is 0 Å². The molecule has 2 aliphatic heterocycles. The van der Waals surface area contributed by atoms with Gasteiger partial charge in [0.1, 0.15) is 11.8 Å². The van der Waals surface area contributed by atoms with E-state index in [9.17, 15) is 9.59 Å². The number of thioether (sulfide) groups is 1. The van der Waals surface area contributed by atoms with Crippen LogP contribution in [0.3, 0.4) is 0 Å². The number of ether oxygens (including phenoxy) is 1. The highest BCUT2D eigenvalue weighted by Gasteiger charge is 2.40. The molecule has 0 saturated carbocycles. The number of carbonyl (C=O) groups excluding carboxylic acids is 2. The summed E-state index contributed by atoms with van der Waals surface area (Å²) in [5, 5.41) is 0.627. The molecule has 7 heteroatoms. The lowest BCUT2D eigenvalue weighted by Gasteiger charge is -2.16. The van der Waals surface area contributed by atoms with Gasteiger partial charge in [0.05, 0.1) is 23.1 Å². The van der Waals surface area contributed by atoms with Gasteiger partial charge >= 0.3 is 5.97 Å². The Morgan fingerprint density at radius 1 is 1.40 bits per heavy atom. The monoisotopic (exact) mass is 295 g/mol. The average Bonchev–Trinajstić information content (AvgIpc) is 2.66. The summed E-state index contributed by atoms with van der Waals surface area (Å²) >= 11 is 1.22. The zero-order chi connectivity index (χ0) is 14.9. The molecule has 1 amide bonds. The molecule has 2 heterocycles. The van der Waals surface area contributed by atoms with Gasteiger partial charge < -0.3 is 9.64 Å². The Balaban J connectivity index is 2.25.